The molecule has 94 valence electrons. The first-order chi connectivity index (χ1) is 8.58. The maximum atomic E-state index is 10.9. The molecule has 0 amide bonds. The number of nitrogen functional groups attached to an aromatic ring is 1. The number of pyridine rings is 1. The summed E-state index contributed by atoms with van der Waals surface area (Å²) in [6, 6.07) is 4.55. The summed E-state index contributed by atoms with van der Waals surface area (Å²) in [7, 11) is 1.71. The third-order valence-electron chi connectivity index (χ3n) is 2.43. The van der Waals surface area contributed by atoms with Crippen LogP contribution in [-0.4, -0.2) is 17.0 Å². The Morgan fingerprint density at radius 2 is 2.28 bits per heavy atom. The van der Waals surface area contributed by atoms with Crippen molar-refractivity contribution in [2.45, 2.75) is 6.54 Å². The number of hydrogen-bond acceptors (Lipinski definition) is 6. The zero-order valence-electron chi connectivity index (χ0n) is 9.74. The lowest BCUT2D eigenvalue weighted by Gasteiger charge is -2.17. The summed E-state index contributed by atoms with van der Waals surface area (Å²) in [5, 5.41) is 10.9. The van der Waals surface area contributed by atoms with Crippen LogP contribution < -0.4 is 10.6 Å². The van der Waals surface area contributed by atoms with E-state index in [1.165, 1.54) is 12.1 Å². The van der Waals surface area contributed by atoms with Crippen molar-refractivity contribution in [2.24, 2.45) is 0 Å². The van der Waals surface area contributed by atoms with Gasteiger partial charge in [0.2, 0.25) is 5.82 Å². The first-order valence-electron chi connectivity index (χ1n) is 5.21. The van der Waals surface area contributed by atoms with E-state index in [1.807, 2.05) is 0 Å². The molecule has 2 rings (SSSR count). The lowest BCUT2D eigenvalue weighted by atomic mass is 10.3. The first kappa shape index (κ1) is 11.9. The van der Waals surface area contributed by atoms with Crippen molar-refractivity contribution < 1.29 is 9.34 Å². The van der Waals surface area contributed by atoms with E-state index in [1.54, 1.807) is 30.5 Å². The minimum atomic E-state index is -0.479. The molecule has 0 radical (unpaired) electrons. The number of nitrogens with two attached hydrogens (primary N) is 1. The van der Waals surface area contributed by atoms with Gasteiger partial charge in [-0.1, -0.05) is 0 Å². The zero-order valence-corrected chi connectivity index (χ0v) is 9.74. The van der Waals surface area contributed by atoms with Gasteiger partial charge in [-0.25, -0.2) is 4.98 Å². The van der Waals surface area contributed by atoms with Crippen molar-refractivity contribution in [3.8, 4) is 0 Å². The molecule has 0 atom stereocenters. The Kier molecular flexibility index (Phi) is 3.13. The molecule has 0 spiro atoms. The minimum Gasteiger partial charge on any atom is -0.472 e. The molecule has 0 bridgehead atoms. The number of hydrogen-bond donors (Lipinski definition) is 1. The molecule has 2 aromatic rings. The van der Waals surface area contributed by atoms with Crippen molar-refractivity contribution in [2.75, 3.05) is 17.7 Å². The van der Waals surface area contributed by atoms with Crippen LogP contribution >= 0.6 is 0 Å². The van der Waals surface area contributed by atoms with Crippen molar-refractivity contribution in [3.63, 3.8) is 0 Å². The van der Waals surface area contributed by atoms with E-state index in [9.17, 15) is 10.1 Å². The molecule has 0 aliphatic rings. The van der Waals surface area contributed by atoms with Crippen LogP contribution in [0.5, 0.6) is 0 Å². The van der Waals surface area contributed by atoms with Gasteiger partial charge in [-0.2, -0.15) is 0 Å². The Bertz CT molecular complexity index is 553. The molecule has 7 nitrogen and oxygen atoms in total. The molecule has 0 saturated carbocycles. The van der Waals surface area contributed by atoms with Gasteiger partial charge in [-0.3, -0.25) is 10.1 Å². The van der Waals surface area contributed by atoms with Gasteiger partial charge in [0.1, 0.15) is 5.82 Å². The molecule has 0 unspecified atom stereocenters. The van der Waals surface area contributed by atoms with Crippen LogP contribution in [0, 0.1) is 10.1 Å². The number of nitrogens with zero attached hydrogens (tertiary/aromatic N) is 3. The van der Waals surface area contributed by atoms with E-state index < -0.39 is 4.92 Å². The second-order valence-electron chi connectivity index (χ2n) is 3.82. The van der Waals surface area contributed by atoms with Gasteiger partial charge in [-0.05, 0) is 12.1 Å². The van der Waals surface area contributed by atoms with Gasteiger partial charge in [0, 0.05) is 25.2 Å². The third-order valence-corrected chi connectivity index (χ3v) is 2.43. The molecule has 0 aliphatic carbocycles. The Hall–Kier alpha value is -2.57. The summed E-state index contributed by atoms with van der Waals surface area (Å²) >= 11 is 0. The molecule has 2 aromatic heterocycles. The summed E-state index contributed by atoms with van der Waals surface area (Å²) in [5.41, 5.74) is 6.39. The summed E-state index contributed by atoms with van der Waals surface area (Å²) in [6.07, 6.45) is 3.12. The number of aromatic nitrogens is 1. The predicted molar refractivity (Wildman–Crippen MR) is 66.1 cm³/mol. The number of anilines is 2. The van der Waals surface area contributed by atoms with Gasteiger partial charge in [0.05, 0.1) is 17.4 Å². The Balaban J connectivity index is 2.31. The highest BCUT2D eigenvalue weighted by Crippen LogP contribution is 2.26. The smallest absolute Gasteiger partial charge is 0.311 e. The van der Waals surface area contributed by atoms with Gasteiger partial charge in [0.25, 0.3) is 0 Å². The van der Waals surface area contributed by atoms with Crippen molar-refractivity contribution in [3.05, 3.63) is 46.4 Å². The van der Waals surface area contributed by atoms with Gasteiger partial charge >= 0.3 is 5.69 Å². The summed E-state index contributed by atoms with van der Waals surface area (Å²) in [6.45, 7) is 0.452. The van der Waals surface area contributed by atoms with Crippen LogP contribution in [0.3, 0.4) is 0 Å². The number of nitro groups is 1. The third kappa shape index (κ3) is 2.40. The zero-order chi connectivity index (χ0) is 13.1. The second-order valence-corrected chi connectivity index (χ2v) is 3.82. The molecule has 2 N–H and O–H groups in total. The summed E-state index contributed by atoms with van der Waals surface area (Å²) in [5.74, 6) is 0.482. The average molecular weight is 248 g/mol. The fourth-order valence-electron chi connectivity index (χ4n) is 1.61. The molecule has 0 fully saturated rings. The van der Waals surface area contributed by atoms with E-state index in [0.29, 0.717) is 6.54 Å². The fraction of sp³-hybridized carbons (Fsp3) is 0.182. The quantitative estimate of drug-likeness (QED) is 0.654. The van der Waals surface area contributed by atoms with Crippen LogP contribution in [0.4, 0.5) is 17.3 Å². The van der Waals surface area contributed by atoms with Crippen molar-refractivity contribution >= 4 is 17.3 Å². The van der Waals surface area contributed by atoms with Crippen LogP contribution in [0.15, 0.2) is 35.1 Å². The largest absolute Gasteiger partial charge is 0.472 e. The molecule has 18 heavy (non-hydrogen) atoms. The topological polar surface area (TPSA) is 98.4 Å². The van der Waals surface area contributed by atoms with Crippen LogP contribution in [0.1, 0.15) is 5.56 Å². The van der Waals surface area contributed by atoms with E-state index in [-0.39, 0.29) is 17.3 Å². The highest BCUT2D eigenvalue weighted by atomic mass is 16.6. The van der Waals surface area contributed by atoms with Gasteiger partial charge < -0.3 is 15.1 Å². The van der Waals surface area contributed by atoms with E-state index >= 15 is 0 Å². The maximum Gasteiger partial charge on any atom is 0.311 e. The van der Waals surface area contributed by atoms with E-state index in [4.69, 9.17) is 10.2 Å². The average Bonchev–Trinajstić information content (AvgIpc) is 2.81. The van der Waals surface area contributed by atoms with Crippen LogP contribution in [-0.2, 0) is 6.54 Å². The molecular weight excluding hydrogens is 236 g/mol. The van der Waals surface area contributed by atoms with Crippen LogP contribution in [0.25, 0.3) is 0 Å². The molecule has 7 heteroatoms. The molecule has 0 saturated heterocycles. The van der Waals surface area contributed by atoms with Crippen LogP contribution in [0.2, 0.25) is 0 Å². The number of rotatable bonds is 4. The number of furan rings is 1. The summed E-state index contributed by atoms with van der Waals surface area (Å²) < 4.78 is 4.95. The van der Waals surface area contributed by atoms with Crippen molar-refractivity contribution in [1.29, 1.82) is 0 Å². The normalized spacial score (nSPS) is 10.3. The molecule has 2 heterocycles. The molecule has 0 aromatic carbocycles. The highest BCUT2D eigenvalue weighted by Gasteiger charge is 2.19. The lowest BCUT2D eigenvalue weighted by Crippen LogP contribution is -2.19. The van der Waals surface area contributed by atoms with E-state index in [0.717, 1.165) is 5.56 Å². The monoisotopic (exact) mass is 248 g/mol. The predicted octanol–water partition coefficient (Wildman–Crippen LogP) is 1.80. The Morgan fingerprint density at radius 1 is 1.50 bits per heavy atom. The first-order valence-corrected chi connectivity index (χ1v) is 5.21. The van der Waals surface area contributed by atoms with Gasteiger partial charge in [-0.15, -0.1) is 0 Å². The fourth-order valence-corrected chi connectivity index (χ4v) is 1.61. The SMILES string of the molecule is CN(Cc1ccoc1)c1nc(N)ccc1[N+](=O)[O-]. The van der Waals surface area contributed by atoms with Gasteiger partial charge in [0.15, 0.2) is 0 Å². The van der Waals surface area contributed by atoms with E-state index in [2.05, 4.69) is 4.98 Å². The molecule has 0 aliphatic heterocycles. The Labute approximate surface area is 103 Å². The standard InChI is InChI=1S/C11H12N4O3/c1-14(6-8-4-5-18-7-8)11-9(15(16)17)2-3-10(12)13-11/h2-5,7H,6H2,1H3,(H2,12,13). The second kappa shape index (κ2) is 4.74. The highest BCUT2D eigenvalue weighted by molar-refractivity contribution is 5.60. The molecular formula is C11H12N4O3. The van der Waals surface area contributed by atoms with Crippen molar-refractivity contribution in [1.82, 2.24) is 4.98 Å². The maximum absolute atomic E-state index is 10.9. The minimum absolute atomic E-state index is 0.0739. The lowest BCUT2D eigenvalue weighted by molar-refractivity contribution is -0.384. The summed E-state index contributed by atoms with van der Waals surface area (Å²) in [4.78, 5) is 16.1. The Morgan fingerprint density at radius 3 is 2.89 bits per heavy atom.